The maximum Gasteiger partial charge on any atom is 0.407 e. The van der Waals surface area contributed by atoms with Gasteiger partial charge in [0.2, 0.25) is 10.0 Å². The van der Waals surface area contributed by atoms with Gasteiger partial charge in [0.15, 0.2) is 0 Å². The highest BCUT2D eigenvalue weighted by molar-refractivity contribution is 7.89. The standard InChI is InChI=1S/C17H26N2O6S/c1-12-6-8-14(9-7-12)26(23,24)19(13(2)15(20)21)11-10-18-16(22)25-17(3,4)5/h6-9,13H,10-11H2,1-5H3,(H,18,22)(H,20,21)/t13-/m0/s1. The molecule has 0 aliphatic heterocycles. The fourth-order valence-electron chi connectivity index (χ4n) is 2.07. The van der Waals surface area contributed by atoms with Crippen LogP contribution in [0.25, 0.3) is 0 Å². The molecule has 9 heteroatoms. The summed E-state index contributed by atoms with van der Waals surface area (Å²) in [4.78, 5) is 23.0. The average molecular weight is 386 g/mol. The van der Waals surface area contributed by atoms with Crippen molar-refractivity contribution in [3.05, 3.63) is 29.8 Å². The number of benzene rings is 1. The molecule has 0 saturated heterocycles. The van der Waals surface area contributed by atoms with Crippen LogP contribution in [0.3, 0.4) is 0 Å². The molecule has 0 spiro atoms. The Labute approximate surface area is 154 Å². The van der Waals surface area contributed by atoms with Crippen molar-refractivity contribution in [3.63, 3.8) is 0 Å². The first-order valence-corrected chi connectivity index (χ1v) is 9.57. The lowest BCUT2D eigenvalue weighted by atomic mass is 10.2. The van der Waals surface area contributed by atoms with Crippen molar-refractivity contribution < 1.29 is 27.9 Å². The van der Waals surface area contributed by atoms with E-state index in [1.807, 2.05) is 6.92 Å². The first-order chi connectivity index (χ1) is 11.8. The summed E-state index contributed by atoms with van der Waals surface area (Å²) < 4.78 is 31.5. The van der Waals surface area contributed by atoms with Crippen LogP contribution in [0, 0.1) is 6.92 Å². The number of sulfonamides is 1. The molecular weight excluding hydrogens is 360 g/mol. The molecule has 2 N–H and O–H groups in total. The molecule has 0 saturated carbocycles. The molecule has 146 valence electrons. The van der Waals surface area contributed by atoms with E-state index in [1.165, 1.54) is 19.1 Å². The largest absolute Gasteiger partial charge is 0.480 e. The fraction of sp³-hybridized carbons (Fsp3) is 0.529. The zero-order valence-electron chi connectivity index (χ0n) is 15.6. The third-order valence-corrected chi connectivity index (χ3v) is 5.40. The van der Waals surface area contributed by atoms with Crippen molar-refractivity contribution in [2.24, 2.45) is 0 Å². The first-order valence-electron chi connectivity index (χ1n) is 8.13. The summed E-state index contributed by atoms with van der Waals surface area (Å²) in [6.07, 6.45) is -0.701. The molecule has 0 fully saturated rings. The Morgan fingerprint density at radius 1 is 1.23 bits per heavy atom. The maximum absolute atomic E-state index is 12.8. The Hall–Kier alpha value is -2.13. The van der Waals surface area contributed by atoms with Crippen molar-refractivity contribution in [1.82, 2.24) is 9.62 Å². The van der Waals surface area contributed by atoms with E-state index < -0.39 is 33.7 Å². The summed E-state index contributed by atoms with van der Waals surface area (Å²) in [7, 11) is -4.03. The van der Waals surface area contributed by atoms with E-state index in [0.29, 0.717) is 0 Å². The van der Waals surface area contributed by atoms with Gasteiger partial charge in [0, 0.05) is 13.1 Å². The number of aliphatic carboxylic acids is 1. The van der Waals surface area contributed by atoms with Gasteiger partial charge in [-0.15, -0.1) is 0 Å². The SMILES string of the molecule is Cc1ccc(S(=O)(=O)N(CCNC(=O)OC(C)(C)C)[C@@H](C)C(=O)O)cc1. The average Bonchev–Trinajstić information content (AvgIpc) is 2.49. The fourth-order valence-corrected chi connectivity index (χ4v) is 3.66. The predicted octanol–water partition coefficient (Wildman–Crippen LogP) is 1.98. The molecule has 0 unspecified atom stereocenters. The van der Waals surface area contributed by atoms with E-state index in [9.17, 15) is 23.1 Å². The third kappa shape index (κ3) is 6.30. The summed E-state index contributed by atoms with van der Waals surface area (Å²) in [5.74, 6) is -1.28. The predicted molar refractivity (Wildman–Crippen MR) is 96.4 cm³/mol. The van der Waals surface area contributed by atoms with Crippen LogP contribution >= 0.6 is 0 Å². The van der Waals surface area contributed by atoms with Crippen molar-refractivity contribution in [1.29, 1.82) is 0 Å². The van der Waals surface area contributed by atoms with Crippen molar-refractivity contribution in [2.75, 3.05) is 13.1 Å². The number of carboxylic acids is 1. The summed E-state index contributed by atoms with van der Waals surface area (Å²) in [6.45, 7) is 7.91. The van der Waals surface area contributed by atoms with Crippen LogP contribution in [-0.4, -0.2) is 54.6 Å². The minimum Gasteiger partial charge on any atom is -0.480 e. The molecule has 1 rings (SSSR count). The summed E-state index contributed by atoms with van der Waals surface area (Å²) in [5.41, 5.74) is 0.194. The van der Waals surface area contributed by atoms with E-state index in [1.54, 1.807) is 32.9 Å². The quantitative estimate of drug-likeness (QED) is 0.741. The molecule has 8 nitrogen and oxygen atoms in total. The smallest absolute Gasteiger partial charge is 0.407 e. The molecule has 0 aliphatic rings. The number of alkyl carbamates (subject to hydrolysis) is 1. The van der Waals surface area contributed by atoms with E-state index in [4.69, 9.17) is 4.74 Å². The molecule has 1 amide bonds. The zero-order chi connectivity index (χ0) is 20.1. The van der Waals surface area contributed by atoms with Crippen LogP contribution in [0.4, 0.5) is 4.79 Å². The lowest BCUT2D eigenvalue weighted by Gasteiger charge is -2.26. The zero-order valence-corrected chi connectivity index (χ0v) is 16.5. The van der Waals surface area contributed by atoms with Crippen molar-refractivity contribution in [2.45, 2.75) is 51.2 Å². The first kappa shape index (κ1) is 21.9. The number of carbonyl (C=O) groups excluding carboxylic acids is 1. The molecule has 0 bridgehead atoms. The number of nitrogens with zero attached hydrogens (tertiary/aromatic N) is 1. The topological polar surface area (TPSA) is 113 Å². The molecule has 1 aromatic carbocycles. The molecule has 0 heterocycles. The van der Waals surface area contributed by atoms with Gasteiger partial charge < -0.3 is 15.2 Å². The lowest BCUT2D eigenvalue weighted by Crippen LogP contribution is -2.47. The number of ether oxygens (including phenoxy) is 1. The second kappa shape index (κ2) is 8.50. The van der Waals surface area contributed by atoms with Gasteiger partial charge in [0.25, 0.3) is 0 Å². The second-order valence-electron chi connectivity index (χ2n) is 6.87. The number of hydrogen-bond donors (Lipinski definition) is 2. The molecular formula is C17H26N2O6S. The Kier molecular flexibility index (Phi) is 7.16. The number of aryl methyl sites for hydroxylation is 1. The Balaban J connectivity index is 2.94. The number of rotatable bonds is 7. The molecule has 0 aromatic heterocycles. The number of carboxylic acid groups (broad SMARTS) is 1. The highest BCUT2D eigenvalue weighted by Gasteiger charge is 2.32. The molecule has 26 heavy (non-hydrogen) atoms. The number of nitrogens with one attached hydrogen (secondary N) is 1. The molecule has 1 atom stereocenters. The summed E-state index contributed by atoms with van der Waals surface area (Å²) >= 11 is 0. The van der Waals surface area contributed by atoms with Gasteiger partial charge in [0.05, 0.1) is 4.90 Å². The van der Waals surface area contributed by atoms with Crippen molar-refractivity contribution in [3.8, 4) is 0 Å². The van der Waals surface area contributed by atoms with E-state index in [2.05, 4.69) is 5.32 Å². The van der Waals surface area contributed by atoms with Gasteiger partial charge in [-0.1, -0.05) is 17.7 Å². The van der Waals surface area contributed by atoms with Gasteiger partial charge >= 0.3 is 12.1 Å². The van der Waals surface area contributed by atoms with Crippen LogP contribution < -0.4 is 5.32 Å². The van der Waals surface area contributed by atoms with Gasteiger partial charge in [0.1, 0.15) is 11.6 Å². The van der Waals surface area contributed by atoms with Gasteiger partial charge in [-0.2, -0.15) is 4.31 Å². The van der Waals surface area contributed by atoms with Gasteiger partial charge in [-0.05, 0) is 46.8 Å². The van der Waals surface area contributed by atoms with E-state index in [0.717, 1.165) is 9.87 Å². The van der Waals surface area contributed by atoms with Gasteiger partial charge in [-0.3, -0.25) is 4.79 Å². The number of carbonyl (C=O) groups is 2. The number of hydrogen-bond acceptors (Lipinski definition) is 5. The Morgan fingerprint density at radius 2 is 1.77 bits per heavy atom. The lowest BCUT2D eigenvalue weighted by molar-refractivity contribution is -0.140. The maximum atomic E-state index is 12.8. The van der Waals surface area contributed by atoms with Gasteiger partial charge in [-0.25, -0.2) is 13.2 Å². The van der Waals surface area contributed by atoms with Crippen LogP contribution in [0.2, 0.25) is 0 Å². The monoisotopic (exact) mass is 386 g/mol. The molecule has 0 aliphatic carbocycles. The van der Waals surface area contributed by atoms with Crippen LogP contribution in [0.5, 0.6) is 0 Å². The van der Waals surface area contributed by atoms with E-state index in [-0.39, 0.29) is 18.0 Å². The summed E-state index contributed by atoms with van der Waals surface area (Å²) in [5, 5.41) is 11.7. The summed E-state index contributed by atoms with van der Waals surface area (Å²) in [6, 6.07) is 4.83. The van der Waals surface area contributed by atoms with Crippen LogP contribution in [-0.2, 0) is 19.6 Å². The van der Waals surface area contributed by atoms with E-state index >= 15 is 0 Å². The highest BCUT2D eigenvalue weighted by Crippen LogP contribution is 2.19. The normalized spacial score (nSPS) is 13.3. The Morgan fingerprint density at radius 3 is 2.23 bits per heavy atom. The second-order valence-corrected chi connectivity index (χ2v) is 8.76. The minimum absolute atomic E-state index is 0.00605. The molecule has 0 radical (unpaired) electrons. The number of amides is 1. The molecule has 1 aromatic rings. The Bertz CT molecular complexity index is 738. The van der Waals surface area contributed by atoms with Crippen molar-refractivity contribution >= 4 is 22.1 Å². The van der Waals surface area contributed by atoms with Crippen LogP contribution in [0.15, 0.2) is 29.2 Å². The van der Waals surface area contributed by atoms with Crippen LogP contribution in [0.1, 0.15) is 33.3 Å². The highest BCUT2D eigenvalue weighted by atomic mass is 32.2. The third-order valence-electron chi connectivity index (χ3n) is 3.42. The minimum atomic E-state index is -4.03.